The van der Waals surface area contributed by atoms with Crippen molar-refractivity contribution in [2.75, 3.05) is 45.8 Å². The number of hydrogen-bond acceptors (Lipinski definition) is 2. The maximum atomic E-state index is 13.8. The average molecular weight is 379 g/mol. The molecule has 27 heavy (non-hydrogen) atoms. The van der Waals surface area contributed by atoms with Crippen LogP contribution in [0.3, 0.4) is 0 Å². The van der Waals surface area contributed by atoms with Crippen LogP contribution in [-0.4, -0.2) is 61.6 Å². The molecule has 6 heteroatoms. The minimum Gasteiger partial charge on any atom is -0.357 e. The van der Waals surface area contributed by atoms with E-state index in [4.69, 9.17) is 0 Å². The van der Waals surface area contributed by atoms with Crippen LogP contribution in [-0.2, 0) is 6.42 Å². The SMILES string of the molecule is CCNC(=NCCc1cc(F)ccc1F)N1CCC(CN2CCCCC2)C1. The van der Waals surface area contributed by atoms with Crippen molar-refractivity contribution >= 4 is 5.96 Å². The zero-order valence-electron chi connectivity index (χ0n) is 16.4. The fraction of sp³-hybridized carbons (Fsp3) is 0.667. The molecule has 150 valence electrons. The molecule has 0 amide bonds. The van der Waals surface area contributed by atoms with Crippen molar-refractivity contribution in [1.29, 1.82) is 0 Å². The number of benzene rings is 1. The lowest BCUT2D eigenvalue weighted by molar-refractivity contribution is 0.198. The number of rotatable bonds is 6. The van der Waals surface area contributed by atoms with Crippen LogP contribution < -0.4 is 5.32 Å². The van der Waals surface area contributed by atoms with Crippen molar-refractivity contribution in [3.63, 3.8) is 0 Å². The molecule has 0 bridgehead atoms. The van der Waals surface area contributed by atoms with Gasteiger partial charge in [-0.3, -0.25) is 4.99 Å². The van der Waals surface area contributed by atoms with Gasteiger partial charge in [0.15, 0.2) is 5.96 Å². The summed E-state index contributed by atoms with van der Waals surface area (Å²) in [5, 5.41) is 3.36. The second-order valence-electron chi connectivity index (χ2n) is 7.68. The van der Waals surface area contributed by atoms with E-state index < -0.39 is 5.82 Å². The number of halogens is 2. The third-order valence-electron chi connectivity index (χ3n) is 5.54. The van der Waals surface area contributed by atoms with Crippen LogP contribution in [0.5, 0.6) is 0 Å². The Morgan fingerprint density at radius 2 is 2.00 bits per heavy atom. The summed E-state index contributed by atoms with van der Waals surface area (Å²) in [7, 11) is 0. The lowest BCUT2D eigenvalue weighted by atomic mass is 10.1. The van der Waals surface area contributed by atoms with E-state index in [9.17, 15) is 8.78 Å². The molecule has 1 unspecified atom stereocenters. The van der Waals surface area contributed by atoms with Gasteiger partial charge in [-0.05, 0) is 75.4 Å². The molecule has 0 radical (unpaired) electrons. The maximum Gasteiger partial charge on any atom is 0.193 e. The van der Waals surface area contributed by atoms with Crippen molar-refractivity contribution in [1.82, 2.24) is 15.1 Å². The molecule has 4 nitrogen and oxygen atoms in total. The topological polar surface area (TPSA) is 30.9 Å². The van der Waals surface area contributed by atoms with Crippen molar-refractivity contribution in [2.45, 2.75) is 39.0 Å². The molecule has 1 aromatic rings. The summed E-state index contributed by atoms with van der Waals surface area (Å²) < 4.78 is 27.1. The highest BCUT2D eigenvalue weighted by atomic mass is 19.1. The minimum atomic E-state index is -0.401. The second-order valence-corrected chi connectivity index (χ2v) is 7.68. The number of aliphatic imine (C=N–C) groups is 1. The Kier molecular flexibility index (Phi) is 7.44. The first-order valence-corrected chi connectivity index (χ1v) is 10.3. The molecule has 1 N–H and O–H groups in total. The summed E-state index contributed by atoms with van der Waals surface area (Å²) in [5.41, 5.74) is 0.388. The van der Waals surface area contributed by atoms with Crippen LogP contribution in [0, 0.1) is 17.6 Å². The lowest BCUT2D eigenvalue weighted by Crippen LogP contribution is -2.41. The van der Waals surface area contributed by atoms with Crippen LogP contribution >= 0.6 is 0 Å². The molecular formula is C21H32F2N4. The van der Waals surface area contributed by atoms with E-state index >= 15 is 0 Å². The normalized spacial score (nSPS) is 21.7. The third kappa shape index (κ3) is 5.89. The highest BCUT2D eigenvalue weighted by molar-refractivity contribution is 5.80. The molecule has 2 saturated heterocycles. The van der Waals surface area contributed by atoms with Crippen LogP contribution in [0.2, 0.25) is 0 Å². The first-order valence-electron chi connectivity index (χ1n) is 10.3. The Morgan fingerprint density at radius 3 is 2.78 bits per heavy atom. The van der Waals surface area contributed by atoms with Crippen LogP contribution in [0.4, 0.5) is 8.78 Å². The number of guanidine groups is 1. The van der Waals surface area contributed by atoms with Gasteiger partial charge in [-0.25, -0.2) is 8.78 Å². The first-order chi connectivity index (χ1) is 13.2. The van der Waals surface area contributed by atoms with Crippen molar-refractivity contribution in [3.8, 4) is 0 Å². The summed E-state index contributed by atoms with van der Waals surface area (Å²) in [6, 6.07) is 3.60. The molecule has 0 saturated carbocycles. The molecule has 0 spiro atoms. The summed E-state index contributed by atoms with van der Waals surface area (Å²) in [4.78, 5) is 9.60. The smallest absolute Gasteiger partial charge is 0.193 e. The second kappa shape index (κ2) is 10.0. The average Bonchev–Trinajstić information content (AvgIpc) is 3.13. The van der Waals surface area contributed by atoms with Gasteiger partial charge < -0.3 is 15.1 Å². The molecule has 2 fully saturated rings. The number of hydrogen-bond donors (Lipinski definition) is 1. The Bertz CT molecular complexity index is 629. The molecule has 0 aromatic heterocycles. The van der Waals surface area contributed by atoms with Gasteiger partial charge in [-0.2, -0.15) is 0 Å². The predicted octanol–water partition coefficient (Wildman–Crippen LogP) is 3.28. The Hall–Kier alpha value is -1.69. The zero-order valence-corrected chi connectivity index (χ0v) is 16.4. The number of likely N-dealkylation sites (tertiary alicyclic amines) is 2. The summed E-state index contributed by atoms with van der Waals surface area (Å²) in [6.07, 6.45) is 5.63. The molecule has 3 rings (SSSR count). The number of nitrogens with zero attached hydrogens (tertiary/aromatic N) is 3. The fourth-order valence-corrected chi connectivity index (χ4v) is 4.12. The van der Waals surface area contributed by atoms with E-state index in [1.165, 1.54) is 57.5 Å². The minimum absolute atomic E-state index is 0.362. The van der Waals surface area contributed by atoms with E-state index in [2.05, 4.69) is 27.0 Å². The van der Waals surface area contributed by atoms with Gasteiger partial charge in [0.25, 0.3) is 0 Å². The predicted molar refractivity (Wildman–Crippen MR) is 106 cm³/mol. The van der Waals surface area contributed by atoms with E-state index in [-0.39, 0.29) is 5.82 Å². The van der Waals surface area contributed by atoms with Gasteiger partial charge in [-0.1, -0.05) is 6.42 Å². The number of nitrogens with one attached hydrogen (secondary N) is 1. The summed E-state index contributed by atoms with van der Waals surface area (Å²) in [6.45, 7) is 9.02. The van der Waals surface area contributed by atoms with Crippen molar-refractivity contribution in [3.05, 3.63) is 35.4 Å². The standard InChI is InChI=1S/C21H32F2N4/c1-2-24-21(25-10-8-18-14-19(22)6-7-20(18)23)27-13-9-17(16-27)15-26-11-4-3-5-12-26/h6-7,14,17H,2-5,8-13,15-16H2,1H3,(H,24,25). The Labute approximate surface area is 161 Å². The van der Waals surface area contributed by atoms with E-state index in [1.54, 1.807) is 0 Å². The molecular weight excluding hydrogens is 346 g/mol. The van der Waals surface area contributed by atoms with E-state index in [0.717, 1.165) is 31.7 Å². The molecule has 2 aliphatic rings. The van der Waals surface area contributed by atoms with Gasteiger partial charge in [0.05, 0.1) is 0 Å². The zero-order chi connectivity index (χ0) is 19.1. The third-order valence-corrected chi connectivity index (χ3v) is 5.54. The highest BCUT2D eigenvalue weighted by Gasteiger charge is 2.26. The quantitative estimate of drug-likeness (QED) is 0.609. The number of piperidine rings is 1. The first kappa shape index (κ1) is 20.1. The Morgan fingerprint density at radius 1 is 1.19 bits per heavy atom. The van der Waals surface area contributed by atoms with Crippen molar-refractivity contribution < 1.29 is 8.78 Å². The fourth-order valence-electron chi connectivity index (χ4n) is 4.12. The van der Waals surface area contributed by atoms with Crippen molar-refractivity contribution in [2.24, 2.45) is 10.9 Å². The van der Waals surface area contributed by atoms with Crippen LogP contribution in [0.15, 0.2) is 23.2 Å². The molecule has 1 aromatic carbocycles. The van der Waals surface area contributed by atoms with Crippen LogP contribution in [0.1, 0.15) is 38.2 Å². The summed E-state index contributed by atoms with van der Waals surface area (Å²) >= 11 is 0. The van der Waals surface area contributed by atoms with Crippen LogP contribution in [0.25, 0.3) is 0 Å². The highest BCUT2D eigenvalue weighted by Crippen LogP contribution is 2.20. The van der Waals surface area contributed by atoms with Gasteiger partial charge in [0.2, 0.25) is 0 Å². The van der Waals surface area contributed by atoms with Gasteiger partial charge in [0.1, 0.15) is 11.6 Å². The largest absolute Gasteiger partial charge is 0.357 e. The summed E-state index contributed by atoms with van der Waals surface area (Å²) in [5.74, 6) is 0.824. The van der Waals surface area contributed by atoms with E-state index in [0.29, 0.717) is 24.4 Å². The molecule has 1 atom stereocenters. The van der Waals surface area contributed by atoms with Gasteiger partial charge >= 0.3 is 0 Å². The monoisotopic (exact) mass is 378 g/mol. The Balaban J connectivity index is 1.53. The lowest BCUT2D eigenvalue weighted by Gasteiger charge is -2.29. The molecule has 2 aliphatic heterocycles. The molecule has 2 heterocycles. The van der Waals surface area contributed by atoms with Gasteiger partial charge in [0, 0.05) is 32.7 Å². The van der Waals surface area contributed by atoms with Gasteiger partial charge in [-0.15, -0.1) is 0 Å². The molecule has 0 aliphatic carbocycles. The van der Waals surface area contributed by atoms with E-state index in [1.807, 2.05) is 0 Å². The maximum absolute atomic E-state index is 13.8.